The number of amides is 1. The summed E-state index contributed by atoms with van der Waals surface area (Å²) >= 11 is 1.60. The Hall–Kier alpha value is -2.66. The van der Waals surface area contributed by atoms with E-state index < -0.39 is 0 Å². The number of aromatic nitrogens is 1. The smallest absolute Gasteiger partial charge is 0.227 e. The maximum Gasteiger partial charge on any atom is 0.227 e. The summed E-state index contributed by atoms with van der Waals surface area (Å²) in [5.41, 5.74) is 1.10. The largest absolute Gasteiger partial charge is 0.490 e. The molecule has 2 heterocycles. The summed E-state index contributed by atoms with van der Waals surface area (Å²) in [7, 11) is 0. The normalized spacial score (nSPS) is 14.9. The molecule has 1 aromatic heterocycles. The fourth-order valence-electron chi connectivity index (χ4n) is 3.28. The van der Waals surface area contributed by atoms with Gasteiger partial charge in [-0.1, -0.05) is 48.5 Å². The molecule has 27 heavy (non-hydrogen) atoms. The molecule has 0 aliphatic carbocycles. The lowest BCUT2D eigenvalue weighted by atomic mass is 10.1. The van der Waals surface area contributed by atoms with E-state index in [4.69, 9.17) is 4.74 Å². The molecule has 0 spiro atoms. The predicted octanol–water partition coefficient (Wildman–Crippen LogP) is 4.42. The van der Waals surface area contributed by atoms with Crippen molar-refractivity contribution in [2.75, 3.05) is 13.1 Å². The van der Waals surface area contributed by atoms with E-state index in [9.17, 15) is 4.79 Å². The maximum absolute atomic E-state index is 12.6. The highest BCUT2D eigenvalue weighted by Gasteiger charge is 2.24. The Kier molecular flexibility index (Phi) is 5.49. The highest BCUT2D eigenvalue weighted by atomic mass is 32.1. The van der Waals surface area contributed by atoms with Crippen LogP contribution in [-0.4, -0.2) is 35.0 Å². The number of piperidine rings is 1. The number of likely N-dealkylation sites (tertiary alicyclic amines) is 1. The van der Waals surface area contributed by atoms with Crippen molar-refractivity contribution in [3.63, 3.8) is 0 Å². The summed E-state index contributed by atoms with van der Waals surface area (Å²) in [6, 6.07) is 20.0. The first-order valence-corrected chi connectivity index (χ1v) is 10.1. The van der Waals surface area contributed by atoms with E-state index in [0.717, 1.165) is 47.1 Å². The average molecular weight is 378 g/mol. The summed E-state index contributed by atoms with van der Waals surface area (Å²) in [5, 5.41) is 0.966. The summed E-state index contributed by atoms with van der Waals surface area (Å²) in [4.78, 5) is 20.1. The van der Waals surface area contributed by atoms with Crippen molar-refractivity contribution in [3.8, 4) is 16.3 Å². The Bertz CT molecular complexity index is 872. The first-order chi connectivity index (χ1) is 13.3. The molecule has 1 aliphatic heterocycles. The van der Waals surface area contributed by atoms with Crippen LogP contribution in [0.25, 0.3) is 10.6 Å². The Morgan fingerprint density at radius 3 is 2.41 bits per heavy atom. The number of hydrogen-bond acceptors (Lipinski definition) is 4. The molecule has 138 valence electrons. The minimum atomic E-state index is 0.177. The molecule has 0 radical (unpaired) electrons. The van der Waals surface area contributed by atoms with Crippen LogP contribution in [0, 0.1) is 0 Å². The molecular formula is C22H22N2O2S. The number of nitrogens with zero attached hydrogens (tertiary/aromatic N) is 2. The molecule has 1 amide bonds. The van der Waals surface area contributed by atoms with E-state index >= 15 is 0 Å². The first-order valence-electron chi connectivity index (χ1n) is 9.27. The van der Waals surface area contributed by atoms with Crippen LogP contribution < -0.4 is 4.74 Å². The molecule has 0 unspecified atom stereocenters. The number of benzene rings is 2. The Labute approximate surface area is 163 Å². The molecular weight excluding hydrogens is 356 g/mol. The first kappa shape index (κ1) is 17.7. The highest BCUT2D eigenvalue weighted by Crippen LogP contribution is 2.26. The van der Waals surface area contributed by atoms with E-state index in [-0.39, 0.29) is 12.0 Å². The van der Waals surface area contributed by atoms with Gasteiger partial charge in [0.25, 0.3) is 0 Å². The molecule has 1 aliphatic rings. The Morgan fingerprint density at radius 2 is 1.70 bits per heavy atom. The molecule has 3 aromatic rings. The number of hydrogen-bond donors (Lipinski definition) is 0. The van der Waals surface area contributed by atoms with E-state index in [1.165, 1.54) is 0 Å². The lowest BCUT2D eigenvalue weighted by Gasteiger charge is -2.32. The van der Waals surface area contributed by atoms with E-state index in [1.807, 2.05) is 71.8 Å². The molecule has 1 saturated heterocycles. The van der Waals surface area contributed by atoms with Gasteiger partial charge in [0.1, 0.15) is 16.9 Å². The molecule has 1 fully saturated rings. The molecule has 0 saturated carbocycles. The van der Waals surface area contributed by atoms with E-state index in [1.54, 1.807) is 11.3 Å². The van der Waals surface area contributed by atoms with Crippen LogP contribution >= 0.6 is 11.3 Å². The van der Waals surface area contributed by atoms with Crippen LogP contribution in [0.4, 0.5) is 0 Å². The van der Waals surface area contributed by atoms with Crippen LogP contribution in [0.15, 0.2) is 66.9 Å². The summed E-state index contributed by atoms with van der Waals surface area (Å²) in [6.07, 6.45) is 4.19. The number of thiazole rings is 1. The van der Waals surface area contributed by atoms with Gasteiger partial charge in [-0.25, -0.2) is 4.98 Å². The van der Waals surface area contributed by atoms with Gasteiger partial charge in [-0.15, -0.1) is 11.3 Å². The van der Waals surface area contributed by atoms with Gasteiger partial charge in [0.2, 0.25) is 5.91 Å². The molecule has 2 aromatic carbocycles. The fourth-order valence-corrected chi connectivity index (χ4v) is 4.19. The monoisotopic (exact) mass is 378 g/mol. The van der Waals surface area contributed by atoms with Crippen molar-refractivity contribution in [1.82, 2.24) is 9.88 Å². The number of ether oxygens (including phenoxy) is 1. The predicted molar refractivity (Wildman–Crippen MR) is 108 cm³/mol. The zero-order valence-corrected chi connectivity index (χ0v) is 15.9. The fraction of sp³-hybridized carbons (Fsp3) is 0.273. The highest BCUT2D eigenvalue weighted by molar-refractivity contribution is 7.15. The third-order valence-electron chi connectivity index (χ3n) is 4.74. The van der Waals surface area contributed by atoms with Gasteiger partial charge < -0.3 is 9.64 Å². The zero-order valence-electron chi connectivity index (χ0n) is 15.1. The van der Waals surface area contributed by atoms with Crippen molar-refractivity contribution in [1.29, 1.82) is 0 Å². The summed E-state index contributed by atoms with van der Waals surface area (Å²) in [6.45, 7) is 1.50. The second-order valence-electron chi connectivity index (χ2n) is 6.69. The number of carbonyl (C=O) groups is 1. The lowest BCUT2D eigenvalue weighted by Crippen LogP contribution is -2.42. The molecule has 0 atom stereocenters. The van der Waals surface area contributed by atoms with Gasteiger partial charge in [-0.2, -0.15) is 0 Å². The number of para-hydroxylation sites is 1. The third kappa shape index (κ3) is 4.55. The number of carbonyl (C=O) groups excluding carboxylic acids is 1. The van der Waals surface area contributed by atoms with Gasteiger partial charge in [-0.3, -0.25) is 4.79 Å². The lowest BCUT2D eigenvalue weighted by molar-refractivity contribution is -0.132. The summed E-state index contributed by atoms with van der Waals surface area (Å²) < 4.78 is 6.01. The number of rotatable bonds is 5. The average Bonchev–Trinajstić information content (AvgIpc) is 3.18. The van der Waals surface area contributed by atoms with Crippen LogP contribution in [0.2, 0.25) is 0 Å². The van der Waals surface area contributed by atoms with Crippen LogP contribution in [0.3, 0.4) is 0 Å². The summed E-state index contributed by atoms with van der Waals surface area (Å²) in [5.74, 6) is 1.08. The quantitative estimate of drug-likeness (QED) is 0.660. The topological polar surface area (TPSA) is 42.4 Å². The van der Waals surface area contributed by atoms with E-state index in [0.29, 0.717) is 6.42 Å². The van der Waals surface area contributed by atoms with Gasteiger partial charge in [0.15, 0.2) is 0 Å². The maximum atomic E-state index is 12.6. The van der Waals surface area contributed by atoms with Crippen molar-refractivity contribution in [2.45, 2.75) is 25.4 Å². The standard InChI is InChI=1S/C22H22N2O2S/c25-21(15-20-16-23-22(27-20)17-7-3-1-4-8-17)24-13-11-19(12-14-24)26-18-9-5-2-6-10-18/h1-10,16,19H,11-15H2. The molecule has 5 heteroatoms. The minimum absolute atomic E-state index is 0.177. The van der Waals surface area contributed by atoms with Gasteiger partial charge in [-0.05, 0) is 12.1 Å². The zero-order chi connectivity index (χ0) is 18.5. The Balaban J connectivity index is 1.29. The Morgan fingerprint density at radius 1 is 1.04 bits per heavy atom. The third-order valence-corrected chi connectivity index (χ3v) is 5.79. The van der Waals surface area contributed by atoms with Gasteiger partial charge in [0.05, 0.1) is 6.42 Å². The van der Waals surface area contributed by atoms with Crippen molar-refractivity contribution >= 4 is 17.2 Å². The molecule has 0 N–H and O–H groups in total. The van der Waals surface area contributed by atoms with Crippen LogP contribution in [-0.2, 0) is 11.2 Å². The second-order valence-corrected chi connectivity index (χ2v) is 7.80. The van der Waals surface area contributed by atoms with Crippen molar-refractivity contribution < 1.29 is 9.53 Å². The van der Waals surface area contributed by atoms with Crippen molar-refractivity contribution in [3.05, 3.63) is 71.7 Å². The minimum Gasteiger partial charge on any atom is -0.490 e. The van der Waals surface area contributed by atoms with Crippen LogP contribution in [0.5, 0.6) is 5.75 Å². The van der Waals surface area contributed by atoms with E-state index in [2.05, 4.69) is 4.98 Å². The van der Waals surface area contributed by atoms with Crippen molar-refractivity contribution in [2.24, 2.45) is 0 Å². The second kappa shape index (κ2) is 8.35. The van der Waals surface area contributed by atoms with Gasteiger partial charge >= 0.3 is 0 Å². The molecule has 0 bridgehead atoms. The SMILES string of the molecule is O=C(Cc1cnc(-c2ccccc2)s1)N1CCC(Oc2ccccc2)CC1. The molecule has 4 nitrogen and oxygen atoms in total. The van der Waals surface area contributed by atoms with Gasteiger partial charge in [0, 0.05) is 42.6 Å². The van der Waals surface area contributed by atoms with Crippen LogP contribution in [0.1, 0.15) is 17.7 Å². The molecule has 4 rings (SSSR count).